The van der Waals surface area contributed by atoms with Crippen LogP contribution in [0.1, 0.15) is 60.0 Å². The number of aryl methyl sites for hydroxylation is 1. The number of carbonyl (C=O) groups is 1. The summed E-state index contributed by atoms with van der Waals surface area (Å²) < 4.78 is 5.30. The highest BCUT2D eigenvalue weighted by Gasteiger charge is 2.29. The minimum Gasteiger partial charge on any atom is -0.467 e. The number of aliphatic hydroxyl groups excluding tert-OH is 1. The van der Waals surface area contributed by atoms with Gasteiger partial charge in [0.1, 0.15) is 11.9 Å². The van der Waals surface area contributed by atoms with E-state index in [0.717, 1.165) is 37.9 Å². The van der Waals surface area contributed by atoms with Gasteiger partial charge in [0.2, 0.25) is 0 Å². The highest BCUT2D eigenvalue weighted by Crippen LogP contribution is 2.27. The number of furan rings is 1. The molecule has 2 aromatic rings. The predicted octanol–water partition coefficient (Wildman–Crippen LogP) is 3.49. The minimum atomic E-state index is -0.686. The van der Waals surface area contributed by atoms with Crippen LogP contribution in [-0.2, 0) is 0 Å². The summed E-state index contributed by atoms with van der Waals surface area (Å²) in [7, 11) is 0. The molecule has 1 saturated heterocycles. The Morgan fingerprint density at radius 2 is 2.25 bits per heavy atom. The maximum atomic E-state index is 12.9. The molecule has 1 aliphatic heterocycles. The Labute approximate surface area is 142 Å². The largest absolute Gasteiger partial charge is 0.467 e. The van der Waals surface area contributed by atoms with Gasteiger partial charge < -0.3 is 14.4 Å². The summed E-state index contributed by atoms with van der Waals surface area (Å²) in [5.74, 6) is 0.560. The first kappa shape index (κ1) is 16.7. The molecule has 1 fully saturated rings. The Hall–Kier alpha value is -2.14. The lowest BCUT2D eigenvalue weighted by Crippen LogP contribution is -2.41. The van der Waals surface area contributed by atoms with Crippen LogP contribution < -0.4 is 0 Å². The van der Waals surface area contributed by atoms with Crippen molar-refractivity contribution in [3.8, 4) is 0 Å². The van der Waals surface area contributed by atoms with E-state index in [1.807, 2.05) is 24.0 Å². The topological polar surface area (TPSA) is 66.6 Å². The molecule has 2 unspecified atom stereocenters. The third kappa shape index (κ3) is 3.85. The molecule has 0 spiro atoms. The number of aliphatic hydroxyl groups is 1. The molecule has 128 valence electrons. The zero-order valence-corrected chi connectivity index (χ0v) is 14.0. The number of hydrogen-bond acceptors (Lipinski definition) is 4. The smallest absolute Gasteiger partial charge is 0.255 e. The van der Waals surface area contributed by atoms with Crippen molar-refractivity contribution in [3.05, 3.63) is 53.7 Å². The number of aromatic nitrogens is 1. The van der Waals surface area contributed by atoms with Gasteiger partial charge in [-0.2, -0.15) is 0 Å². The van der Waals surface area contributed by atoms with E-state index in [1.54, 1.807) is 24.6 Å². The molecule has 2 atom stereocenters. The van der Waals surface area contributed by atoms with Gasteiger partial charge in [-0.3, -0.25) is 9.78 Å². The zero-order chi connectivity index (χ0) is 16.9. The molecule has 0 radical (unpaired) electrons. The van der Waals surface area contributed by atoms with Gasteiger partial charge >= 0.3 is 0 Å². The van der Waals surface area contributed by atoms with Gasteiger partial charge in [-0.05, 0) is 44.0 Å². The molecule has 5 heteroatoms. The second kappa shape index (κ2) is 7.62. The Morgan fingerprint density at radius 1 is 1.38 bits per heavy atom. The standard InChI is InChI=1S/C19H24N2O3/c1-14-8-9-15(13-20-14)19(23)21-10-4-2-3-6-16(21)12-17(22)18-7-5-11-24-18/h5,7-9,11,13,16-17,22H,2-4,6,10,12H2,1H3. The number of nitrogens with zero attached hydrogens (tertiary/aromatic N) is 2. The minimum absolute atomic E-state index is 0.000967. The van der Waals surface area contributed by atoms with Gasteiger partial charge in [-0.15, -0.1) is 0 Å². The third-order valence-electron chi connectivity index (χ3n) is 4.66. The Balaban J connectivity index is 1.76. The van der Waals surface area contributed by atoms with E-state index < -0.39 is 6.10 Å². The molecule has 1 amide bonds. The van der Waals surface area contributed by atoms with Crippen molar-refractivity contribution < 1.29 is 14.3 Å². The van der Waals surface area contributed by atoms with E-state index in [2.05, 4.69) is 4.98 Å². The highest BCUT2D eigenvalue weighted by atomic mass is 16.4. The van der Waals surface area contributed by atoms with Crippen molar-refractivity contribution in [2.45, 2.75) is 51.2 Å². The van der Waals surface area contributed by atoms with Crippen LogP contribution in [0, 0.1) is 6.92 Å². The van der Waals surface area contributed by atoms with Crippen molar-refractivity contribution in [2.75, 3.05) is 6.54 Å². The van der Waals surface area contributed by atoms with Crippen LogP contribution >= 0.6 is 0 Å². The fourth-order valence-corrected chi connectivity index (χ4v) is 3.30. The maximum absolute atomic E-state index is 12.9. The van der Waals surface area contributed by atoms with Gasteiger partial charge in [0.15, 0.2) is 0 Å². The molecule has 0 saturated carbocycles. The Kier molecular flexibility index (Phi) is 5.30. The SMILES string of the molecule is Cc1ccc(C(=O)N2CCCCCC2CC(O)c2ccco2)cn1. The summed E-state index contributed by atoms with van der Waals surface area (Å²) in [4.78, 5) is 19.1. The maximum Gasteiger partial charge on any atom is 0.255 e. The number of hydrogen-bond donors (Lipinski definition) is 1. The number of pyridine rings is 1. The van der Waals surface area contributed by atoms with Crippen LogP contribution in [0.15, 0.2) is 41.1 Å². The van der Waals surface area contributed by atoms with Crippen molar-refractivity contribution in [2.24, 2.45) is 0 Å². The first-order valence-corrected chi connectivity index (χ1v) is 8.60. The molecule has 24 heavy (non-hydrogen) atoms. The summed E-state index contributed by atoms with van der Waals surface area (Å²) in [5, 5.41) is 10.4. The van der Waals surface area contributed by atoms with E-state index in [1.165, 1.54) is 0 Å². The first-order valence-electron chi connectivity index (χ1n) is 8.60. The monoisotopic (exact) mass is 328 g/mol. The molecule has 3 heterocycles. The fraction of sp³-hybridized carbons (Fsp3) is 0.474. The summed E-state index contributed by atoms with van der Waals surface area (Å²) in [6, 6.07) is 7.25. The van der Waals surface area contributed by atoms with E-state index >= 15 is 0 Å². The number of likely N-dealkylation sites (tertiary alicyclic amines) is 1. The zero-order valence-electron chi connectivity index (χ0n) is 14.0. The van der Waals surface area contributed by atoms with Crippen LogP contribution in [0.25, 0.3) is 0 Å². The fourth-order valence-electron chi connectivity index (χ4n) is 3.30. The van der Waals surface area contributed by atoms with Gasteiger partial charge in [-0.1, -0.05) is 12.8 Å². The highest BCUT2D eigenvalue weighted by molar-refractivity contribution is 5.94. The second-order valence-electron chi connectivity index (χ2n) is 6.46. The van der Waals surface area contributed by atoms with Crippen molar-refractivity contribution in [1.29, 1.82) is 0 Å². The van der Waals surface area contributed by atoms with Crippen molar-refractivity contribution in [1.82, 2.24) is 9.88 Å². The third-order valence-corrected chi connectivity index (χ3v) is 4.66. The summed E-state index contributed by atoms with van der Waals surface area (Å²) in [6.07, 6.45) is 7.11. The van der Waals surface area contributed by atoms with Crippen LogP contribution in [0.4, 0.5) is 0 Å². The molecular formula is C19H24N2O3. The Bertz CT molecular complexity index is 652. The molecule has 3 rings (SSSR count). The van der Waals surface area contributed by atoms with E-state index in [-0.39, 0.29) is 11.9 Å². The number of amides is 1. The number of rotatable bonds is 4. The normalized spacial score (nSPS) is 19.8. The molecule has 5 nitrogen and oxygen atoms in total. The summed E-state index contributed by atoms with van der Waals surface area (Å²) in [5.41, 5.74) is 1.51. The average Bonchev–Trinajstić information content (AvgIpc) is 3.03. The van der Waals surface area contributed by atoms with Gasteiger partial charge in [0.25, 0.3) is 5.91 Å². The molecule has 2 aromatic heterocycles. The van der Waals surface area contributed by atoms with Gasteiger partial charge in [0.05, 0.1) is 11.8 Å². The van der Waals surface area contributed by atoms with Crippen molar-refractivity contribution >= 4 is 5.91 Å². The first-order chi connectivity index (χ1) is 11.6. The van der Waals surface area contributed by atoms with E-state index in [0.29, 0.717) is 17.7 Å². The lowest BCUT2D eigenvalue weighted by Gasteiger charge is -2.31. The van der Waals surface area contributed by atoms with E-state index in [4.69, 9.17) is 4.42 Å². The summed E-state index contributed by atoms with van der Waals surface area (Å²) >= 11 is 0. The van der Waals surface area contributed by atoms with Gasteiger partial charge in [0, 0.05) is 30.9 Å². The average molecular weight is 328 g/mol. The quantitative estimate of drug-likeness (QED) is 0.933. The molecule has 0 bridgehead atoms. The van der Waals surface area contributed by atoms with Crippen molar-refractivity contribution in [3.63, 3.8) is 0 Å². The Morgan fingerprint density at radius 3 is 2.96 bits per heavy atom. The molecule has 0 aliphatic carbocycles. The molecular weight excluding hydrogens is 304 g/mol. The molecule has 1 N–H and O–H groups in total. The van der Waals surface area contributed by atoms with Crippen LogP contribution in [0.3, 0.4) is 0 Å². The molecule has 1 aliphatic rings. The van der Waals surface area contributed by atoms with Crippen LogP contribution in [0.5, 0.6) is 0 Å². The van der Waals surface area contributed by atoms with E-state index in [9.17, 15) is 9.90 Å². The van der Waals surface area contributed by atoms with Crippen LogP contribution in [0.2, 0.25) is 0 Å². The second-order valence-corrected chi connectivity index (χ2v) is 6.46. The summed E-state index contributed by atoms with van der Waals surface area (Å²) in [6.45, 7) is 2.63. The van der Waals surface area contributed by atoms with Gasteiger partial charge in [-0.25, -0.2) is 0 Å². The molecule has 0 aromatic carbocycles. The lowest BCUT2D eigenvalue weighted by molar-refractivity contribution is 0.0557. The predicted molar refractivity (Wildman–Crippen MR) is 90.6 cm³/mol. The lowest BCUT2D eigenvalue weighted by atomic mass is 10.0. The number of carbonyl (C=O) groups excluding carboxylic acids is 1. The van der Waals surface area contributed by atoms with Crippen LogP contribution in [-0.4, -0.2) is 33.5 Å².